The highest BCUT2D eigenvalue weighted by atomic mass is 16.6. The largest absolute Gasteiger partial charge is 0.464 e. The lowest BCUT2D eigenvalue weighted by atomic mass is 10.1. The van der Waals surface area contributed by atoms with E-state index in [1.54, 1.807) is 0 Å². The van der Waals surface area contributed by atoms with Gasteiger partial charge in [0.15, 0.2) is 6.10 Å². The number of hydrogen-bond acceptors (Lipinski definition) is 3. The predicted molar refractivity (Wildman–Crippen MR) is 65.4 cm³/mol. The van der Waals surface area contributed by atoms with Gasteiger partial charge in [0.25, 0.3) is 0 Å². The highest BCUT2D eigenvalue weighted by molar-refractivity contribution is 5.74. The van der Waals surface area contributed by atoms with E-state index >= 15 is 0 Å². The predicted octanol–water partition coefficient (Wildman–Crippen LogP) is 3.17. The van der Waals surface area contributed by atoms with Gasteiger partial charge >= 0.3 is 5.97 Å². The lowest BCUT2D eigenvalue weighted by molar-refractivity contribution is -0.157. The molecule has 0 radical (unpaired) electrons. The number of carbonyl (C=O) groups excluding carboxylic acids is 1. The molecule has 0 saturated carbocycles. The zero-order valence-corrected chi connectivity index (χ0v) is 11.1. The summed E-state index contributed by atoms with van der Waals surface area (Å²) in [7, 11) is 0. The van der Waals surface area contributed by atoms with Gasteiger partial charge in [-0.25, -0.2) is 4.79 Å². The minimum atomic E-state index is -0.364. The van der Waals surface area contributed by atoms with Gasteiger partial charge in [-0.2, -0.15) is 0 Å². The maximum atomic E-state index is 11.5. The second-order valence-electron chi connectivity index (χ2n) is 4.44. The van der Waals surface area contributed by atoms with Gasteiger partial charge in [0, 0.05) is 6.61 Å². The Balaban J connectivity index is 3.80. The molecule has 0 heterocycles. The Morgan fingerprint density at radius 3 is 2.38 bits per heavy atom. The molecule has 0 spiro atoms. The normalized spacial score (nSPS) is 12.8. The van der Waals surface area contributed by atoms with E-state index < -0.39 is 0 Å². The second-order valence-corrected chi connectivity index (χ2v) is 4.44. The molecule has 0 aromatic carbocycles. The summed E-state index contributed by atoms with van der Waals surface area (Å²) in [6.07, 6.45) is 3.48. The molecule has 0 N–H and O–H groups in total. The van der Waals surface area contributed by atoms with Crippen LogP contribution < -0.4 is 0 Å². The number of hydrogen-bond donors (Lipinski definition) is 0. The lowest BCUT2D eigenvalue weighted by Crippen LogP contribution is -2.27. The van der Waals surface area contributed by atoms with E-state index in [4.69, 9.17) is 9.47 Å². The molecule has 0 rings (SSSR count). The van der Waals surface area contributed by atoms with Gasteiger partial charge in [-0.1, -0.05) is 27.2 Å². The van der Waals surface area contributed by atoms with Crippen molar-refractivity contribution in [3.63, 3.8) is 0 Å². The van der Waals surface area contributed by atoms with E-state index in [0.29, 0.717) is 19.1 Å². The molecule has 0 aromatic rings. The molecule has 0 saturated heterocycles. The topological polar surface area (TPSA) is 35.5 Å². The van der Waals surface area contributed by atoms with Crippen LogP contribution in [-0.4, -0.2) is 25.3 Å². The van der Waals surface area contributed by atoms with Crippen LogP contribution in [0.1, 0.15) is 53.4 Å². The van der Waals surface area contributed by atoms with Crippen molar-refractivity contribution in [2.24, 2.45) is 5.92 Å². The van der Waals surface area contributed by atoms with Gasteiger partial charge in [0.2, 0.25) is 0 Å². The molecule has 16 heavy (non-hydrogen) atoms. The average Bonchev–Trinajstić information content (AvgIpc) is 2.22. The van der Waals surface area contributed by atoms with Crippen LogP contribution >= 0.6 is 0 Å². The van der Waals surface area contributed by atoms with Crippen molar-refractivity contribution in [3.8, 4) is 0 Å². The molecule has 0 bridgehead atoms. The molecule has 1 unspecified atom stereocenters. The molecular weight excluding hydrogens is 204 g/mol. The first-order valence-electron chi connectivity index (χ1n) is 6.40. The molecule has 0 aliphatic heterocycles. The first-order chi connectivity index (χ1) is 7.61. The Hall–Kier alpha value is -0.570. The van der Waals surface area contributed by atoms with E-state index in [1.807, 2.05) is 13.8 Å². The molecule has 96 valence electrons. The summed E-state index contributed by atoms with van der Waals surface area (Å²) in [6, 6.07) is 0. The van der Waals surface area contributed by atoms with E-state index in [0.717, 1.165) is 25.7 Å². The van der Waals surface area contributed by atoms with Crippen molar-refractivity contribution in [1.29, 1.82) is 0 Å². The highest BCUT2D eigenvalue weighted by Crippen LogP contribution is 2.08. The van der Waals surface area contributed by atoms with Gasteiger partial charge in [-0.15, -0.1) is 0 Å². The molecule has 0 amide bonds. The second kappa shape index (κ2) is 9.64. The molecular formula is C13H26O3. The summed E-state index contributed by atoms with van der Waals surface area (Å²) in [5.41, 5.74) is 0. The minimum Gasteiger partial charge on any atom is -0.464 e. The van der Waals surface area contributed by atoms with Crippen molar-refractivity contribution in [2.75, 3.05) is 13.2 Å². The number of ether oxygens (including phenoxy) is 2. The van der Waals surface area contributed by atoms with Crippen LogP contribution in [0.2, 0.25) is 0 Å². The standard InChI is InChI=1S/C13H26O3/c1-5-8-12(13(14)15-6-2)16-10-7-9-11(3)4/h11-12H,5-10H2,1-4H3. The van der Waals surface area contributed by atoms with Crippen LogP contribution in [0.4, 0.5) is 0 Å². The van der Waals surface area contributed by atoms with Gasteiger partial charge < -0.3 is 9.47 Å². The maximum absolute atomic E-state index is 11.5. The molecule has 0 aliphatic rings. The maximum Gasteiger partial charge on any atom is 0.335 e. The van der Waals surface area contributed by atoms with Crippen molar-refractivity contribution in [3.05, 3.63) is 0 Å². The zero-order valence-electron chi connectivity index (χ0n) is 11.1. The molecule has 0 aliphatic carbocycles. The molecule has 3 nitrogen and oxygen atoms in total. The van der Waals surface area contributed by atoms with Crippen LogP contribution in [0, 0.1) is 5.92 Å². The van der Waals surface area contributed by atoms with Gasteiger partial charge in [0.1, 0.15) is 0 Å². The number of esters is 1. The Bertz CT molecular complexity index is 178. The summed E-state index contributed by atoms with van der Waals surface area (Å²) in [4.78, 5) is 11.5. The van der Waals surface area contributed by atoms with Crippen LogP contribution in [0.25, 0.3) is 0 Å². The third kappa shape index (κ3) is 7.69. The third-order valence-corrected chi connectivity index (χ3v) is 2.35. The Labute approximate surface area is 99.5 Å². The van der Waals surface area contributed by atoms with Gasteiger partial charge in [0.05, 0.1) is 6.61 Å². The van der Waals surface area contributed by atoms with E-state index in [-0.39, 0.29) is 12.1 Å². The van der Waals surface area contributed by atoms with Crippen molar-refractivity contribution < 1.29 is 14.3 Å². The molecule has 3 heteroatoms. The summed E-state index contributed by atoms with van der Waals surface area (Å²) < 4.78 is 10.5. The third-order valence-electron chi connectivity index (χ3n) is 2.35. The lowest BCUT2D eigenvalue weighted by Gasteiger charge is -2.16. The fourth-order valence-corrected chi connectivity index (χ4v) is 1.48. The fourth-order valence-electron chi connectivity index (χ4n) is 1.48. The average molecular weight is 230 g/mol. The molecule has 0 fully saturated rings. The Morgan fingerprint density at radius 2 is 1.88 bits per heavy atom. The van der Waals surface area contributed by atoms with Crippen molar-refractivity contribution in [2.45, 2.75) is 59.5 Å². The van der Waals surface area contributed by atoms with Crippen LogP contribution in [0.15, 0.2) is 0 Å². The fraction of sp³-hybridized carbons (Fsp3) is 0.923. The van der Waals surface area contributed by atoms with Crippen molar-refractivity contribution in [1.82, 2.24) is 0 Å². The first-order valence-corrected chi connectivity index (χ1v) is 6.40. The number of rotatable bonds is 9. The number of carbonyl (C=O) groups is 1. The SMILES string of the molecule is CCCC(OCCCC(C)C)C(=O)OCC. The van der Waals surface area contributed by atoms with E-state index in [1.165, 1.54) is 0 Å². The van der Waals surface area contributed by atoms with Crippen LogP contribution in [0.5, 0.6) is 0 Å². The van der Waals surface area contributed by atoms with Gasteiger partial charge in [-0.3, -0.25) is 0 Å². The van der Waals surface area contributed by atoms with E-state index in [9.17, 15) is 4.79 Å². The summed E-state index contributed by atoms with van der Waals surface area (Å²) in [6.45, 7) is 9.32. The summed E-state index contributed by atoms with van der Waals surface area (Å²) in [5, 5.41) is 0. The zero-order chi connectivity index (χ0) is 12.4. The Morgan fingerprint density at radius 1 is 1.19 bits per heavy atom. The first kappa shape index (κ1) is 15.4. The van der Waals surface area contributed by atoms with Crippen molar-refractivity contribution >= 4 is 5.97 Å². The molecule has 0 aromatic heterocycles. The summed E-state index contributed by atoms with van der Waals surface area (Å²) >= 11 is 0. The van der Waals surface area contributed by atoms with Crippen LogP contribution in [0.3, 0.4) is 0 Å². The van der Waals surface area contributed by atoms with Gasteiger partial charge in [-0.05, 0) is 32.1 Å². The van der Waals surface area contributed by atoms with E-state index in [2.05, 4.69) is 13.8 Å². The smallest absolute Gasteiger partial charge is 0.335 e. The quantitative estimate of drug-likeness (QED) is 0.451. The minimum absolute atomic E-state index is 0.214. The highest BCUT2D eigenvalue weighted by Gasteiger charge is 2.18. The Kier molecular flexibility index (Phi) is 9.30. The summed E-state index contributed by atoms with van der Waals surface area (Å²) in [5.74, 6) is 0.477. The van der Waals surface area contributed by atoms with Crippen LogP contribution in [-0.2, 0) is 14.3 Å². The monoisotopic (exact) mass is 230 g/mol. The molecule has 1 atom stereocenters.